The van der Waals surface area contributed by atoms with Gasteiger partial charge >= 0.3 is 0 Å². The summed E-state index contributed by atoms with van der Waals surface area (Å²) < 4.78 is 0. The largest absolute Gasteiger partial charge is 0.306 e. The molecule has 0 unspecified atom stereocenters. The number of hydrogen-bond acceptors (Lipinski definition) is 1. The van der Waals surface area contributed by atoms with Gasteiger partial charge in [0, 0.05) is 13.1 Å². The van der Waals surface area contributed by atoms with Gasteiger partial charge in [-0.3, -0.25) is 0 Å². The summed E-state index contributed by atoms with van der Waals surface area (Å²) in [5.41, 5.74) is 0. The second-order valence-corrected chi connectivity index (χ2v) is 4.57. The van der Waals surface area contributed by atoms with Crippen LogP contribution in [0.15, 0.2) is 0 Å². The van der Waals surface area contributed by atoms with Crippen LogP contribution in [0.4, 0.5) is 0 Å². The Morgan fingerprint density at radius 2 is 1.91 bits per heavy atom. The molecule has 1 rings (SSSR count). The Hall–Kier alpha value is -0.0400. The van der Waals surface area contributed by atoms with Gasteiger partial charge < -0.3 is 4.90 Å². The predicted molar refractivity (Wildman–Crippen MR) is 49.6 cm³/mol. The molecule has 0 aromatic heterocycles. The van der Waals surface area contributed by atoms with Gasteiger partial charge in [-0.25, -0.2) is 0 Å². The minimum absolute atomic E-state index is 0.861. The van der Waals surface area contributed by atoms with E-state index in [0.29, 0.717) is 0 Å². The number of rotatable bonds is 1. The molecule has 1 aliphatic rings. The summed E-state index contributed by atoms with van der Waals surface area (Å²) in [6, 6.07) is 0. The van der Waals surface area contributed by atoms with Crippen molar-refractivity contribution in [2.75, 3.05) is 20.1 Å². The molecule has 0 aliphatic carbocycles. The van der Waals surface area contributed by atoms with Crippen LogP contribution in [0.2, 0.25) is 0 Å². The molecule has 2 atom stereocenters. The standard InChI is InChI=1S/C10H21N/c1-8(2)10-5-9(3)6-11(4)7-10/h8-10H,5-7H2,1-4H3/t9-,10-/m1/s1. The third-order valence-electron chi connectivity index (χ3n) is 2.82. The maximum Gasteiger partial charge on any atom is 0.000927 e. The van der Waals surface area contributed by atoms with Crippen LogP contribution in [0, 0.1) is 17.8 Å². The van der Waals surface area contributed by atoms with Crippen molar-refractivity contribution < 1.29 is 0 Å². The molecule has 0 radical (unpaired) electrons. The fourth-order valence-corrected chi connectivity index (χ4v) is 2.16. The second-order valence-electron chi connectivity index (χ2n) is 4.57. The van der Waals surface area contributed by atoms with Crippen LogP contribution in [-0.4, -0.2) is 25.0 Å². The molecule has 1 nitrogen and oxygen atoms in total. The number of piperidine rings is 1. The summed E-state index contributed by atoms with van der Waals surface area (Å²) in [6.07, 6.45) is 1.43. The highest BCUT2D eigenvalue weighted by Gasteiger charge is 2.24. The first-order chi connectivity index (χ1) is 5.09. The highest BCUT2D eigenvalue weighted by molar-refractivity contribution is 4.76. The Balaban J connectivity index is 2.43. The Bertz CT molecular complexity index is 110. The van der Waals surface area contributed by atoms with Crippen LogP contribution in [0.1, 0.15) is 27.2 Å². The van der Waals surface area contributed by atoms with Gasteiger partial charge in [-0.2, -0.15) is 0 Å². The maximum absolute atomic E-state index is 2.47. The Morgan fingerprint density at radius 1 is 1.27 bits per heavy atom. The van der Waals surface area contributed by atoms with Gasteiger partial charge in [0.15, 0.2) is 0 Å². The monoisotopic (exact) mass is 155 g/mol. The van der Waals surface area contributed by atoms with E-state index in [4.69, 9.17) is 0 Å². The molecule has 1 heterocycles. The van der Waals surface area contributed by atoms with Gasteiger partial charge in [-0.05, 0) is 31.2 Å². The van der Waals surface area contributed by atoms with E-state index < -0.39 is 0 Å². The van der Waals surface area contributed by atoms with E-state index >= 15 is 0 Å². The molecule has 0 aromatic rings. The van der Waals surface area contributed by atoms with Crippen LogP contribution < -0.4 is 0 Å². The summed E-state index contributed by atoms with van der Waals surface area (Å²) in [6.45, 7) is 9.66. The summed E-state index contributed by atoms with van der Waals surface area (Å²) >= 11 is 0. The zero-order valence-electron chi connectivity index (χ0n) is 8.30. The summed E-state index contributed by atoms with van der Waals surface area (Å²) in [7, 11) is 2.24. The van der Waals surface area contributed by atoms with Gasteiger partial charge in [0.1, 0.15) is 0 Å². The van der Waals surface area contributed by atoms with Gasteiger partial charge in [0.05, 0.1) is 0 Å². The van der Waals surface area contributed by atoms with Crippen molar-refractivity contribution in [1.29, 1.82) is 0 Å². The van der Waals surface area contributed by atoms with E-state index in [1.807, 2.05) is 0 Å². The summed E-state index contributed by atoms with van der Waals surface area (Å²) in [5, 5.41) is 0. The van der Waals surface area contributed by atoms with Crippen molar-refractivity contribution in [3.8, 4) is 0 Å². The van der Waals surface area contributed by atoms with Crippen LogP contribution in [0.5, 0.6) is 0 Å². The first-order valence-corrected chi connectivity index (χ1v) is 4.78. The molecule has 11 heavy (non-hydrogen) atoms. The van der Waals surface area contributed by atoms with Crippen LogP contribution in [0.25, 0.3) is 0 Å². The van der Waals surface area contributed by atoms with Crippen LogP contribution >= 0.6 is 0 Å². The zero-order chi connectivity index (χ0) is 8.43. The van der Waals surface area contributed by atoms with E-state index in [1.165, 1.54) is 19.5 Å². The Morgan fingerprint density at radius 3 is 2.36 bits per heavy atom. The molecular weight excluding hydrogens is 134 g/mol. The molecule has 1 heteroatoms. The van der Waals surface area contributed by atoms with Gasteiger partial charge in [0.25, 0.3) is 0 Å². The van der Waals surface area contributed by atoms with Crippen molar-refractivity contribution in [3.05, 3.63) is 0 Å². The molecule has 1 aliphatic heterocycles. The minimum Gasteiger partial charge on any atom is -0.306 e. The molecule has 0 aromatic carbocycles. The lowest BCUT2D eigenvalue weighted by Gasteiger charge is -2.36. The number of likely N-dealkylation sites (tertiary alicyclic amines) is 1. The Labute approximate surface area is 70.8 Å². The molecule has 0 bridgehead atoms. The lowest BCUT2D eigenvalue weighted by molar-refractivity contribution is 0.131. The van der Waals surface area contributed by atoms with Gasteiger partial charge in [0.2, 0.25) is 0 Å². The third-order valence-corrected chi connectivity index (χ3v) is 2.82. The zero-order valence-corrected chi connectivity index (χ0v) is 8.30. The van der Waals surface area contributed by atoms with Gasteiger partial charge in [-0.15, -0.1) is 0 Å². The summed E-state index contributed by atoms with van der Waals surface area (Å²) in [4.78, 5) is 2.47. The second kappa shape index (κ2) is 3.57. The smallest absolute Gasteiger partial charge is 0.000927 e. The highest BCUT2D eigenvalue weighted by atomic mass is 15.1. The van der Waals surface area contributed by atoms with Crippen molar-refractivity contribution in [3.63, 3.8) is 0 Å². The lowest BCUT2D eigenvalue weighted by Crippen LogP contribution is -2.38. The third kappa shape index (κ3) is 2.48. The predicted octanol–water partition coefficient (Wildman–Crippen LogP) is 2.23. The molecule has 0 amide bonds. The van der Waals surface area contributed by atoms with E-state index in [9.17, 15) is 0 Å². The van der Waals surface area contributed by atoms with E-state index in [1.54, 1.807) is 0 Å². The maximum atomic E-state index is 2.47. The average molecular weight is 155 g/mol. The average Bonchev–Trinajstić information content (AvgIpc) is 1.85. The van der Waals surface area contributed by atoms with Crippen LogP contribution in [0.3, 0.4) is 0 Å². The molecule has 66 valence electrons. The fourth-order valence-electron chi connectivity index (χ4n) is 2.16. The topological polar surface area (TPSA) is 3.24 Å². The van der Waals surface area contributed by atoms with Crippen molar-refractivity contribution in [1.82, 2.24) is 4.90 Å². The molecule has 0 saturated carbocycles. The fraction of sp³-hybridized carbons (Fsp3) is 1.00. The van der Waals surface area contributed by atoms with E-state index in [-0.39, 0.29) is 0 Å². The Kier molecular flexibility index (Phi) is 2.94. The van der Waals surface area contributed by atoms with Crippen molar-refractivity contribution >= 4 is 0 Å². The van der Waals surface area contributed by atoms with E-state index in [0.717, 1.165) is 17.8 Å². The quantitative estimate of drug-likeness (QED) is 0.561. The normalized spacial score (nSPS) is 34.6. The molecule has 1 saturated heterocycles. The summed E-state index contributed by atoms with van der Waals surface area (Å²) in [5.74, 6) is 2.70. The molecule has 0 N–H and O–H groups in total. The first kappa shape index (κ1) is 9.05. The highest BCUT2D eigenvalue weighted by Crippen LogP contribution is 2.25. The van der Waals surface area contributed by atoms with Crippen molar-refractivity contribution in [2.24, 2.45) is 17.8 Å². The van der Waals surface area contributed by atoms with Crippen LogP contribution in [-0.2, 0) is 0 Å². The first-order valence-electron chi connectivity index (χ1n) is 4.78. The number of nitrogens with zero attached hydrogens (tertiary/aromatic N) is 1. The minimum atomic E-state index is 0.861. The molecule has 1 fully saturated rings. The lowest BCUT2D eigenvalue weighted by atomic mass is 9.83. The SMILES string of the molecule is CC(C)[C@@H]1C[C@@H](C)CN(C)C1. The molecule has 0 spiro atoms. The molecular formula is C10H21N. The van der Waals surface area contributed by atoms with Gasteiger partial charge in [-0.1, -0.05) is 20.8 Å². The van der Waals surface area contributed by atoms with Crippen molar-refractivity contribution in [2.45, 2.75) is 27.2 Å². The number of hydrogen-bond donors (Lipinski definition) is 0. The van der Waals surface area contributed by atoms with E-state index in [2.05, 4.69) is 32.7 Å².